The quantitative estimate of drug-likeness (QED) is 0.848. The molecule has 150 valence electrons. The minimum Gasteiger partial charge on any atom is -0.464 e. The molecule has 0 spiro atoms. The maximum atomic E-state index is 12.8. The summed E-state index contributed by atoms with van der Waals surface area (Å²) in [6, 6.07) is 2.93. The van der Waals surface area contributed by atoms with E-state index in [2.05, 4.69) is 22.2 Å². The number of furan rings is 1. The smallest absolute Gasteiger partial charge is 0.260 e. The van der Waals surface area contributed by atoms with E-state index in [4.69, 9.17) is 14.1 Å². The second-order valence-corrected chi connectivity index (χ2v) is 9.00. The Labute approximate surface area is 168 Å². The van der Waals surface area contributed by atoms with Crippen LogP contribution in [-0.4, -0.2) is 60.1 Å². The highest BCUT2D eigenvalue weighted by Crippen LogP contribution is 2.45. The first-order chi connectivity index (χ1) is 13.6. The van der Waals surface area contributed by atoms with E-state index in [0.29, 0.717) is 35.1 Å². The van der Waals surface area contributed by atoms with E-state index >= 15 is 0 Å². The maximum absolute atomic E-state index is 12.8. The van der Waals surface area contributed by atoms with Gasteiger partial charge in [0.2, 0.25) is 0 Å². The number of carbonyl (C=O) groups excluding carboxylic acids is 1. The highest BCUT2D eigenvalue weighted by atomic mass is 32.1. The Bertz CT molecular complexity index is 886. The van der Waals surface area contributed by atoms with E-state index in [1.165, 1.54) is 23.4 Å². The summed E-state index contributed by atoms with van der Waals surface area (Å²) in [7, 11) is 2.20. The summed E-state index contributed by atoms with van der Waals surface area (Å²) in [6.45, 7) is 5.83. The Morgan fingerprint density at radius 2 is 2.18 bits per heavy atom. The van der Waals surface area contributed by atoms with Crippen molar-refractivity contribution in [2.75, 3.05) is 38.7 Å². The van der Waals surface area contributed by atoms with Gasteiger partial charge in [-0.1, -0.05) is 11.3 Å². The van der Waals surface area contributed by atoms with Gasteiger partial charge in [0.05, 0.1) is 31.0 Å². The van der Waals surface area contributed by atoms with Crippen molar-refractivity contribution in [2.24, 2.45) is 0 Å². The van der Waals surface area contributed by atoms with Crippen molar-refractivity contribution in [3.63, 3.8) is 0 Å². The molecule has 5 rings (SSSR count). The Morgan fingerprint density at radius 1 is 1.36 bits per heavy atom. The number of aryl methyl sites for hydroxylation is 1. The Balaban J connectivity index is 1.29. The Morgan fingerprint density at radius 3 is 3.00 bits per heavy atom. The molecule has 0 radical (unpaired) electrons. The van der Waals surface area contributed by atoms with Gasteiger partial charge < -0.3 is 9.15 Å². The van der Waals surface area contributed by atoms with Gasteiger partial charge in [0.25, 0.3) is 5.91 Å². The largest absolute Gasteiger partial charge is 0.464 e. The van der Waals surface area contributed by atoms with Crippen LogP contribution in [0.2, 0.25) is 0 Å². The van der Waals surface area contributed by atoms with Gasteiger partial charge in [0, 0.05) is 36.5 Å². The van der Waals surface area contributed by atoms with Gasteiger partial charge in [0.15, 0.2) is 5.13 Å². The lowest BCUT2D eigenvalue weighted by atomic mass is 10.1. The molecule has 0 saturated carbocycles. The second-order valence-electron chi connectivity index (χ2n) is 7.97. The number of rotatable bonds is 4. The fourth-order valence-corrected chi connectivity index (χ4v) is 5.79. The number of morpholine rings is 1. The molecule has 2 bridgehead atoms. The summed E-state index contributed by atoms with van der Waals surface area (Å²) in [5, 5.41) is 3.70. The predicted molar refractivity (Wildman–Crippen MR) is 107 cm³/mol. The van der Waals surface area contributed by atoms with E-state index < -0.39 is 0 Å². The summed E-state index contributed by atoms with van der Waals surface area (Å²) < 4.78 is 11.2. The number of likely N-dealkylation sites (N-methyl/N-ethyl adjacent to an activating group) is 1. The van der Waals surface area contributed by atoms with Crippen molar-refractivity contribution in [1.29, 1.82) is 0 Å². The molecule has 1 amide bonds. The first-order valence-electron chi connectivity index (χ1n) is 10.0. The van der Waals surface area contributed by atoms with Gasteiger partial charge >= 0.3 is 0 Å². The lowest BCUT2D eigenvalue weighted by Gasteiger charge is -2.29. The summed E-state index contributed by atoms with van der Waals surface area (Å²) >= 11 is 1.63. The molecular formula is C20H26N4O3S. The molecule has 0 aromatic carbocycles. The molecule has 5 heterocycles. The van der Waals surface area contributed by atoms with Gasteiger partial charge in [-0.15, -0.1) is 0 Å². The number of ether oxygens (including phenoxy) is 1. The number of carbonyl (C=O) groups is 1. The lowest BCUT2D eigenvalue weighted by molar-refractivity contribution is 0.0312. The van der Waals surface area contributed by atoms with Crippen LogP contribution in [0.1, 0.15) is 51.3 Å². The molecule has 2 aromatic heterocycles. The lowest BCUT2D eigenvalue weighted by Crippen LogP contribution is -2.35. The zero-order valence-corrected chi connectivity index (χ0v) is 17.2. The number of anilines is 1. The number of aromatic nitrogens is 1. The standard InChI is InChI=1S/C20H26N4O3S/c1-12-15(10-14(27-12)11-24-5-7-26-8-6-24)19(25)22-20-21-16-9-13-3-4-17(23(13)2)18(16)28-20/h10,13,17H,3-9,11H2,1-2H3,(H,21,22,25). The van der Waals surface area contributed by atoms with Crippen LogP contribution in [0, 0.1) is 6.92 Å². The minimum atomic E-state index is -0.140. The van der Waals surface area contributed by atoms with Gasteiger partial charge in [-0.3, -0.25) is 19.9 Å². The zero-order valence-electron chi connectivity index (χ0n) is 16.4. The van der Waals surface area contributed by atoms with Crippen molar-refractivity contribution < 1.29 is 13.9 Å². The third-order valence-corrected chi connectivity index (χ3v) is 7.33. The minimum absolute atomic E-state index is 0.140. The van der Waals surface area contributed by atoms with Crippen LogP contribution in [0.25, 0.3) is 0 Å². The molecule has 2 saturated heterocycles. The Kier molecular flexibility index (Phi) is 4.74. The van der Waals surface area contributed by atoms with Crippen molar-refractivity contribution in [3.05, 3.63) is 33.7 Å². The average molecular weight is 403 g/mol. The molecule has 2 unspecified atom stereocenters. The van der Waals surface area contributed by atoms with Crippen molar-refractivity contribution in [2.45, 2.75) is 44.8 Å². The van der Waals surface area contributed by atoms with Crippen molar-refractivity contribution in [1.82, 2.24) is 14.8 Å². The molecule has 2 aromatic rings. The molecular weight excluding hydrogens is 376 g/mol. The van der Waals surface area contributed by atoms with Crippen LogP contribution in [0.5, 0.6) is 0 Å². The fraction of sp³-hybridized carbons (Fsp3) is 0.600. The van der Waals surface area contributed by atoms with E-state index in [0.717, 1.165) is 38.5 Å². The van der Waals surface area contributed by atoms with E-state index in [9.17, 15) is 4.79 Å². The monoisotopic (exact) mass is 402 g/mol. The van der Waals surface area contributed by atoms with Gasteiger partial charge in [0.1, 0.15) is 11.5 Å². The SMILES string of the molecule is Cc1oc(CN2CCOCC2)cc1C(=O)Nc1nc2c(s1)C1CCC(C2)N1C. The van der Waals surface area contributed by atoms with Gasteiger partial charge in [-0.25, -0.2) is 4.98 Å². The van der Waals surface area contributed by atoms with E-state index in [1.54, 1.807) is 11.3 Å². The second kappa shape index (κ2) is 7.26. The molecule has 0 aliphatic carbocycles. The van der Waals surface area contributed by atoms with Crippen LogP contribution in [0.3, 0.4) is 0 Å². The third kappa shape index (κ3) is 3.28. The number of hydrogen-bond acceptors (Lipinski definition) is 7. The van der Waals surface area contributed by atoms with Crippen LogP contribution in [-0.2, 0) is 17.7 Å². The van der Waals surface area contributed by atoms with Crippen LogP contribution >= 0.6 is 11.3 Å². The summed E-state index contributed by atoms with van der Waals surface area (Å²) in [6.07, 6.45) is 3.42. The number of hydrogen-bond donors (Lipinski definition) is 1. The Hall–Kier alpha value is -1.74. The molecule has 8 heteroatoms. The van der Waals surface area contributed by atoms with Crippen molar-refractivity contribution in [3.8, 4) is 0 Å². The maximum Gasteiger partial charge on any atom is 0.260 e. The highest BCUT2D eigenvalue weighted by molar-refractivity contribution is 7.16. The van der Waals surface area contributed by atoms with E-state index in [1.807, 2.05) is 13.0 Å². The molecule has 28 heavy (non-hydrogen) atoms. The van der Waals surface area contributed by atoms with Crippen LogP contribution in [0.15, 0.2) is 10.5 Å². The predicted octanol–water partition coefficient (Wildman–Crippen LogP) is 2.82. The molecule has 2 fully saturated rings. The summed E-state index contributed by atoms with van der Waals surface area (Å²) in [5.41, 5.74) is 1.76. The normalized spacial score (nSPS) is 25.1. The molecule has 2 atom stereocenters. The number of thiazole rings is 1. The first kappa shape index (κ1) is 18.3. The van der Waals surface area contributed by atoms with Gasteiger partial charge in [-0.2, -0.15) is 0 Å². The summed E-state index contributed by atoms with van der Waals surface area (Å²) in [4.78, 5) is 23.6. The topological polar surface area (TPSA) is 70.8 Å². The van der Waals surface area contributed by atoms with Crippen molar-refractivity contribution >= 4 is 22.4 Å². The summed E-state index contributed by atoms with van der Waals surface area (Å²) in [5.74, 6) is 1.34. The number of nitrogens with one attached hydrogen (secondary N) is 1. The number of nitrogens with zero attached hydrogens (tertiary/aromatic N) is 3. The number of amides is 1. The van der Waals surface area contributed by atoms with E-state index in [-0.39, 0.29) is 5.91 Å². The van der Waals surface area contributed by atoms with Crippen LogP contribution in [0.4, 0.5) is 5.13 Å². The highest BCUT2D eigenvalue weighted by Gasteiger charge is 2.39. The fourth-order valence-electron chi connectivity index (χ4n) is 4.61. The molecule has 1 N–H and O–H groups in total. The van der Waals surface area contributed by atoms with Gasteiger partial charge in [-0.05, 0) is 32.9 Å². The third-order valence-electron chi connectivity index (χ3n) is 6.22. The average Bonchev–Trinajstić information content (AvgIpc) is 3.31. The first-order valence-corrected chi connectivity index (χ1v) is 10.8. The van der Waals surface area contributed by atoms with Crippen LogP contribution < -0.4 is 5.32 Å². The molecule has 7 nitrogen and oxygen atoms in total. The molecule has 3 aliphatic heterocycles. The molecule has 3 aliphatic rings. The zero-order chi connectivity index (χ0) is 19.3. The number of fused-ring (bicyclic) bond motifs is 4.